The minimum Gasteiger partial charge on any atom is -0.362 e. The standard InChI is InChI=1S/C16H21F4NO2/c1-15(2,3)8-13(11-4-6-12(17)7-5-11)21-14(22)9-23-10-16(18,19)20/h4-7,13H,8-10H2,1-3H3,(H,21,22). The molecular formula is C16H21F4NO2. The van der Waals surface area contributed by atoms with E-state index in [9.17, 15) is 22.4 Å². The van der Waals surface area contributed by atoms with Gasteiger partial charge in [-0.2, -0.15) is 13.2 Å². The monoisotopic (exact) mass is 335 g/mol. The van der Waals surface area contributed by atoms with Gasteiger partial charge in [-0.3, -0.25) is 4.79 Å². The summed E-state index contributed by atoms with van der Waals surface area (Å²) in [6.07, 6.45) is -3.92. The zero-order chi connectivity index (χ0) is 17.7. The lowest BCUT2D eigenvalue weighted by molar-refractivity contribution is -0.175. The van der Waals surface area contributed by atoms with Gasteiger partial charge in [-0.05, 0) is 29.5 Å². The van der Waals surface area contributed by atoms with E-state index in [1.807, 2.05) is 20.8 Å². The molecule has 0 aliphatic rings. The summed E-state index contributed by atoms with van der Waals surface area (Å²) in [6.45, 7) is 3.75. The quantitative estimate of drug-likeness (QED) is 0.798. The van der Waals surface area contributed by atoms with Gasteiger partial charge >= 0.3 is 6.18 Å². The normalized spacial score (nSPS) is 13.7. The molecule has 0 aromatic heterocycles. The summed E-state index contributed by atoms with van der Waals surface area (Å²) in [5.41, 5.74) is 0.546. The van der Waals surface area contributed by atoms with Gasteiger partial charge in [0.15, 0.2) is 0 Å². The van der Waals surface area contributed by atoms with Crippen molar-refractivity contribution < 1.29 is 27.1 Å². The molecular weight excluding hydrogens is 314 g/mol. The average Bonchev–Trinajstić information content (AvgIpc) is 2.35. The van der Waals surface area contributed by atoms with Crippen molar-refractivity contribution in [1.82, 2.24) is 5.32 Å². The Hall–Kier alpha value is -1.63. The number of carbonyl (C=O) groups is 1. The van der Waals surface area contributed by atoms with E-state index in [1.165, 1.54) is 12.1 Å². The minimum atomic E-state index is -4.47. The van der Waals surface area contributed by atoms with Gasteiger partial charge in [-0.25, -0.2) is 4.39 Å². The molecule has 130 valence electrons. The Bertz CT molecular complexity index is 506. The molecule has 7 heteroatoms. The van der Waals surface area contributed by atoms with Gasteiger partial charge in [0.1, 0.15) is 19.0 Å². The summed E-state index contributed by atoms with van der Waals surface area (Å²) in [6, 6.07) is 5.21. The van der Waals surface area contributed by atoms with Crippen molar-refractivity contribution in [2.45, 2.75) is 39.4 Å². The van der Waals surface area contributed by atoms with Gasteiger partial charge in [0.25, 0.3) is 0 Å². The van der Waals surface area contributed by atoms with Crippen molar-refractivity contribution in [2.24, 2.45) is 5.41 Å². The highest BCUT2D eigenvalue weighted by molar-refractivity contribution is 5.77. The van der Waals surface area contributed by atoms with Crippen LogP contribution >= 0.6 is 0 Å². The first-order valence-electron chi connectivity index (χ1n) is 7.16. The van der Waals surface area contributed by atoms with Crippen molar-refractivity contribution in [3.8, 4) is 0 Å². The van der Waals surface area contributed by atoms with Crippen LogP contribution in [0.15, 0.2) is 24.3 Å². The van der Waals surface area contributed by atoms with Gasteiger partial charge in [0, 0.05) is 0 Å². The third kappa shape index (κ3) is 8.54. The highest BCUT2D eigenvalue weighted by Crippen LogP contribution is 2.29. The summed E-state index contributed by atoms with van der Waals surface area (Å²) in [5.74, 6) is -1.05. The van der Waals surface area contributed by atoms with Crippen molar-refractivity contribution in [2.75, 3.05) is 13.2 Å². The number of hydrogen-bond donors (Lipinski definition) is 1. The summed E-state index contributed by atoms with van der Waals surface area (Å²) in [7, 11) is 0. The predicted molar refractivity (Wildman–Crippen MR) is 78.2 cm³/mol. The molecule has 1 atom stereocenters. The molecule has 0 aliphatic heterocycles. The maximum absolute atomic E-state index is 13.0. The number of hydrogen-bond acceptors (Lipinski definition) is 2. The van der Waals surface area contributed by atoms with Crippen LogP contribution in [0.3, 0.4) is 0 Å². The fourth-order valence-corrected chi connectivity index (χ4v) is 2.06. The maximum Gasteiger partial charge on any atom is 0.411 e. The second-order valence-electron chi connectivity index (χ2n) is 6.54. The van der Waals surface area contributed by atoms with E-state index in [1.54, 1.807) is 12.1 Å². The Morgan fingerprint density at radius 2 is 1.74 bits per heavy atom. The molecule has 0 bridgehead atoms. The molecule has 0 saturated carbocycles. The Morgan fingerprint density at radius 1 is 1.17 bits per heavy atom. The molecule has 0 heterocycles. The smallest absolute Gasteiger partial charge is 0.362 e. The lowest BCUT2D eigenvalue weighted by Crippen LogP contribution is -2.34. The van der Waals surface area contributed by atoms with E-state index in [0.29, 0.717) is 12.0 Å². The average molecular weight is 335 g/mol. The van der Waals surface area contributed by atoms with Crippen LogP contribution in [0.2, 0.25) is 0 Å². The van der Waals surface area contributed by atoms with Crippen LogP contribution in [0.4, 0.5) is 17.6 Å². The fourth-order valence-electron chi connectivity index (χ4n) is 2.06. The van der Waals surface area contributed by atoms with E-state index in [0.717, 1.165) is 0 Å². The molecule has 0 radical (unpaired) electrons. The van der Waals surface area contributed by atoms with Crippen LogP contribution in [0.1, 0.15) is 38.8 Å². The lowest BCUT2D eigenvalue weighted by atomic mass is 9.85. The SMILES string of the molecule is CC(C)(C)CC(NC(=O)COCC(F)(F)F)c1ccc(F)cc1. The Labute approximate surface area is 133 Å². The zero-order valence-electron chi connectivity index (χ0n) is 13.3. The lowest BCUT2D eigenvalue weighted by Gasteiger charge is -2.27. The zero-order valence-corrected chi connectivity index (χ0v) is 13.3. The summed E-state index contributed by atoms with van der Waals surface area (Å²) in [4.78, 5) is 11.8. The van der Waals surface area contributed by atoms with Crippen molar-refractivity contribution in [1.29, 1.82) is 0 Å². The Kier molecular flexibility index (Phi) is 6.56. The highest BCUT2D eigenvalue weighted by Gasteiger charge is 2.28. The summed E-state index contributed by atoms with van der Waals surface area (Å²) >= 11 is 0. The van der Waals surface area contributed by atoms with Crippen LogP contribution in [0.5, 0.6) is 0 Å². The molecule has 1 N–H and O–H groups in total. The minimum absolute atomic E-state index is 0.140. The van der Waals surface area contributed by atoms with E-state index in [-0.39, 0.29) is 5.41 Å². The van der Waals surface area contributed by atoms with Crippen molar-refractivity contribution in [3.63, 3.8) is 0 Å². The number of amides is 1. The number of rotatable bonds is 6. The van der Waals surface area contributed by atoms with Crippen molar-refractivity contribution >= 4 is 5.91 Å². The van der Waals surface area contributed by atoms with Crippen LogP contribution in [0.25, 0.3) is 0 Å². The van der Waals surface area contributed by atoms with Crippen molar-refractivity contribution in [3.05, 3.63) is 35.6 Å². The number of alkyl halides is 3. The van der Waals surface area contributed by atoms with E-state index in [4.69, 9.17) is 0 Å². The molecule has 1 amide bonds. The third-order valence-corrected chi connectivity index (χ3v) is 2.92. The molecule has 0 fully saturated rings. The Morgan fingerprint density at radius 3 is 2.22 bits per heavy atom. The summed E-state index contributed by atoms with van der Waals surface area (Å²) in [5, 5.41) is 2.64. The predicted octanol–water partition coefficient (Wildman–Crippen LogP) is 4.00. The molecule has 3 nitrogen and oxygen atoms in total. The van der Waals surface area contributed by atoms with E-state index < -0.39 is 37.2 Å². The van der Waals surface area contributed by atoms with Crippen LogP contribution < -0.4 is 5.32 Å². The van der Waals surface area contributed by atoms with Crippen LogP contribution in [0, 0.1) is 11.2 Å². The number of ether oxygens (including phenoxy) is 1. The molecule has 23 heavy (non-hydrogen) atoms. The maximum atomic E-state index is 13.0. The first-order valence-corrected chi connectivity index (χ1v) is 7.16. The molecule has 1 aromatic carbocycles. The molecule has 0 aliphatic carbocycles. The van der Waals surface area contributed by atoms with Crippen LogP contribution in [-0.2, 0) is 9.53 Å². The van der Waals surface area contributed by atoms with Gasteiger partial charge < -0.3 is 10.1 Å². The first-order chi connectivity index (χ1) is 10.5. The second kappa shape index (κ2) is 7.77. The molecule has 0 spiro atoms. The van der Waals surface area contributed by atoms with Gasteiger partial charge in [-0.15, -0.1) is 0 Å². The van der Waals surface area contributed by atoms with E-state index in [2.05, 4.69) is 10.1 Å². The molecule has 1 unspecified atom stereocenters. The number of halogens is 4. The second-order valence-corrected chi connectivity index (χ2v) is 6.54. The van der Waals surface area contributed by atoms with Gasteiger partial charge in [0.2, 0.25) is 5.91 Å². The highest BCUT2D eigenvalue weighted by atomic mass is 19.4. The Balaban J connectivity index is 2.69. The fraction of sp³-hybridized carbons (Fsp3) is 0.562. The van der Waals surface area contributed by atoms with Gasteiger partial charge in [-0.1, -0.05) is 32.9 Å². The molecule has 0 saturated heterocycles. The van der Waals surface area contributed by atoms with Crippen LogP contribution in [-0.4, -0.2) is 25.3 Å². The van der Waals surface area contributed by atoms with Gasteiger partial charge in [0.05, 0.1) is 6.04 Å². The largest absolute Gasteiger partial charge is 0.411 e. The first kappa shape index (κ1) is 19.4. The number of carbonyl (C=O) groups excluding carboxylic acids is 1. The molecule has 1 rings (SSSR count). The topological polar surface area (TPSA) is 38.3 Å². The number of nitrogens with one attached hydrogen (secondary N) is 1. The number of benzene rings is 1. The van der Waals surface area contributed by atoms with E-state index >= 15 is 0 Å². The third-order valence-electron chi connectivity index (χ3n) is 2.92. The molecule has 1 aromatic rings. The summed E-state index contributed by atoms with van der Waals surface area (Å²) < 4.78 is 53.4.